The lowest BCUT2D eigenvalue weighted by atomic mass is 10.2. The number of nitrogens with one attached hydrogen (secondary N) is 1. The van der Waals surface area contributed by atoms with E-state index < -0.39 is 10.0 Å². The van der Waals surface area contributed by atoms with E-state index in [4.69, 9.17) is 5.73 Å². The molecule has 7 heteroatoms. The number of nitrogens with zero attached hydrogens (tertiary/aromatic N) is 2. The largest absolute Gasteiger partial charge is 0.336 e. The van der Waals surface area contributed by atoms with Gasteiger partial charge in [-0.05, 0) is 24.7 Å². The fourth-order valence-electron chi connectivity index (χ4n) is 1.97. The molecule has 0 amide bonds. The summed E-state index contributed by atoms with van der Waals surface area (Å²) in [6.07, 6.45) is 5.32. The highest BCUT2D eigenvalue weighted by molar-refractivity contribution is 7.89. The molecule has 1 fully saturated rings. The molecule has 1 aliphatic rings. The fraction of sp³-hybridized carbons (Fsp3) is 0.750. The van der Waals surface area contributed by atoms with Gasteiger partial charge in [-0.2, -0.15) is 0 Å². The van der Waals surface area contributed by atoms with Crippen LogP contribution in [-0.2, 0) is 16.6 Å². The fourth-order valence-corrected chi connectivity index (χ4v) is 2.99. The zero-order valence-electron chi connectivity index (χ0n) is 11.4. The van der Waals surface area contributed by atoms with E-state index >= 15 is 0 Å². The maximum absolute atomic E-state index is 12.0. The van der Waals surface area contributed by atoms with Crippen LogP contribution in [0.15, 0.2) is 17.6 Å². The van der Waals surface area contributed by atoms with Crippen molar-refractivity contribution >= 4 is 10.0 Å². The number of sulfonamides is 1. The lowest BCUT2D eigenvalue weighted by Gasteiger charge is -2.10. The molecule has 2 rings (SSSR count). The minimum atomic E-state index is -3.54. The lowest BCUT2D eigenvalue weighted by molar-refractivity contribution is 0.521. The van der Waals surface area contributed by atoms with Crippen LogP contribution < -0.4 is 10.5 Å². The molecule has 0 aliphatic heterocycles. The number of nitrogens with two attached hydrogens (primary N) is 1. The van der Waals surface area contributed by atoms with Gasteiger partial charge in [0.05, 0.1) is 6.33 Å². The van der Waals surface area contributed by atoms with Crippen LogP contribution in [0, 0.1) is 11.8 Å². The average molecular weight is 286 g/mol. The zero-order chi connectivity index (χ0) is 14.0. The first kappa shape index (κ1) is 14.5. The first-order valence-electron chi connectivity index (χ1n) is 6.65. The van der Waals surface area contributed by atoms with Crippen molar-refractivity contribution in [1.29, 1.82) is 0 Å². The lowest BCUT2D eigenvalue weighted by Crippen LogP contribution is -2.38. The molecular weight excluding hydrogens is 264 g/mol. The summed E-state index contributed by atoms with van der Waals surface area (Å²) in [6.45, 7) is 5.18. The molecule has 0 aromatic carbocycles. The normalized spacial score (nSPS) is 17.9. The quantitative estimate of drug-likeness (QED) is 0.766. The second kappa shape index (κ2) is 5.60. The topological polar surface area (TPSA) is 90.0 Å². The second-order valence-electron chi connectivity index (χ2n) is 5.66. The van der Waals surface area contributed by atoms with E-state index in [9.17, 15) is 8.42 Å². The van der Waals surface area contributed by atoms with Crippen LogP contribution in [0.1, 0.15) is 26.7 Å². The van der Waals surface area contributed by atoms with E-state index in [1.165, 1.54) is 0 Å². The van der Waals surface area contributed by atoms with Crippen molar-refractivity contribution in [1.82, 2.24) is 14.3 Å². The van der Waals surface area contributed by atoms with Crippen molar-refractivity contribution in [2.75, 3.05) is 6.54 Å². The van der Waals surface area contributed by atoms with Crippen molar-refractivity contribution < 1.29 is 8.42 Å². The third-order valence-corrected chi connectivity index (χ3v) is 4.51. The number of aromatic nitrogens is 2. The molecule has 3 N–H and O–H groups in total. The first-order valence-corrected chi connectivity index (χ1v) is 8.14. The smallest absolute Gasteiger partial charge is 0.259 e. The average Bonchev–Trinajstić information content (AvgIpc) is 3.06. The molecule has 0 radical (unpaired) electrons. The molecule has 1 aliphatic carbocycles. The monoisotopic (exact) mass is 286 g/mol. The second-order valence-corrected chi connectivity index (χ2v) is 7.37. The van der Waals surface area contributed by atoms with Crippen molar-refractivity contribution in [2.24, 2.45) is 17.6 Å². The first-order chi connectivity index (χ1) is 8.88. The van der Waals surface area contributed by atoms with Gasteiger partial charge in [-0.1, -0.05) is 13.8 Å². The zero-order valence-corrected chi connectivity index (χ0v) is 12.2. The van der Waals surface area contributed by atoms with Crippen molar-refractivity contribution in [2.45, 2.75) is 44.3 Å². The SMILES string of the molecule is CC(C)Cn1cnc(S(=O)(=O)NCC(N)C2CC2)c1. The summed E-state index contributed by atoms with van der Waals surface area (Å²) in [7, 11) is -3.54. The molecule has 1 atom stereocenters. The highest BCUT2D eigenvalue weighted by atomic mass is 32.2. The molecule has 0 spiro atoms. The van der Waals surface area contributed by atoms with Crippen LogP contribution in [0.2, 0.25) is 0 Å². The number of hydrogen-bond donors (Lipinski definition) is 2. The molecule has 0 saturated heterocycles. The van der Waals surface area contributed by atoms with Crippen molar-refractivity contribution in [3.05, 3.63) is 12.5 Å². The molecule has 0 bridgehead atoms. The van der Waals surface area contributed by atoms with E-state index in [-0.39, 0.29) is 17.6 Å². The minimum absolute atomic E-state index is 0.0659. The molecule has 1 saturated carbocycles. The standard InChI is InChI=1S/C12H22N4O2S/c1-9(2)6-16-7-12(14-8-16)19(17,18)15-5-11(13)10-3-4-10/h7-11,15H,3-6,13H2,1-2H3. The molecule has 1 heterocycles. The summed E-state index contributed by atoms with van der Waals surface area (Å²) < 4.78 is 28.4. The summed E-state index contributed by atoms with van der Waals surface area (Å²) in [4.78, 5) is 3.95. The van der Waals surface area contributed by atoms with Crippen molar-refractivity contribution in [3.63, 3.8) is 0 Å². The van der Waals surface area contributed by atoms with Crippen LogP contribution in [-0.4, -0.2) is 30.6 Å². The van der Waals surface area contributed by atoms with Gasteiger partial charge in [0.15, 0.2) is 5.03 Å². The van der Waals surface area contributed by atoms with Gasteiger partial charge in [-0.25, -0.2) is 18.1 Å². The Morgan fingerprint density at radius 2 is 2.21 bits per heavy atom. The summed E-state index contributed by atoms with van der Waals surface area (Å²) in [5.74, 6) is 0.919. The van der Waals surface area contributed by atoms with Crippen LogP contribution in [0.5, 0.6) is 0 Å². The van der Waals surface area contributed by atoms with E-state index in [1.54, 1.807) is 17.1 Å². The number of imidazole rings is 1. The van der Waals surface area contributed by atoms with Gasteiger partial charge in [-0.15, -0.1) is 0 Å². The molecule has 108 valence electrons. The van der Waals surface area contributed by atoms with Crippen LogP contribution in [0.25, 0.3) is 0 Å². The predicted molar refractivity (Wildman–Crippen MR) is 73.0 cm³/mol. The van der Waals surface area contributed by atoms with Gasteiger partial charge >= 0.3 is 0 Å². The van der Waals surface area contributed by atoms with E-state index in [0.29, 0.717) is 11.8 Å². The molecule has 1 aromatic heterocycles. The maximum atomic E-state index is 12.0. The third kappa shape index (κ3) is 4.02. The summed E-state index contributed by atoms with van der Waals surface area (Å²) in [6, 6.07) is -0.0903. The Kier molecular flexibility index (Phi) is 4.27. The molecule has 19 heavy (non-hydrogen) atoms. The molecule has 6 nitrogen and oxygen atoms in total. The predicted octanol–water partition coefficient (Wildman–Crippen LogP) is 0.555. The number of hydrogen-bond acceptors (Lipinski definition) is 4. The van der Waals surface area contributed by atoms with E-state index in [0.717, 1.165) is 19.4 Å². The Morgan fingerprint density at radius 1 is 1.53 bits per heavy atom. The van der Waals surface area contributed by atoms with Crippen molar-refractivity contribution in [3.8, 4) is 0 Å². The third-order valence-electron chi connectivity index (χ3n) is 3.20. The highest BCUT2D eigenvalue weighted by Crippen LogP contribution is 2.31. The Balaban J connectivity index is 1.96. The summed E-state index contributed by atoms with van der Waals surface area (Å²) >= 11 is 0. The molecular formula is C12H22N4O2S. The van der Waals surface area contributed by atoms with E-state index in [1.807, 2.05) is 0 Å². The van der Waals surface area contributed by atoms with Gasteiger partial charge in [0.2, 0.25) is 0 Å². The Morgan fingerprint density at radius 3 is 2.79 bits per heavy atom. The Bertz CT molecular complexity index is 520. The van der Waals surface area contributed by atoms with E-state index in [2.05, 4.69) is 23.6 Å². The Labute approximate surface area is 114 Å². The molecule has 1 unspecified atom stereocenters. The van der Waals surface area contributed by atoms with Gasteiger partial charge in [0, 0.05) is 25.3 Å². The Hall–Kier alpha value is -0.920. The van der Waals surface area contributed by atoms with Crippen LogP contribution >= 0.6 is 0 Å². The van der Waals surface area contributed by atoms with Crippen LogP contribution in [0.3, 0.4) is 0 Å². The number of rotatable bonds is 7. The minimum Gasteiger partial charge on any atom is -0.336 e. The molecule has 1 aromatic rings. The highest BCUT2D eigenvalue weighted by Gasteiger charge is 2.29. The van der Waals surface area contributed by atoms with Gasteiger partial charge < -0.3 is 10.3 Å². The summed E-state index contributed by atoms with van der Waals surface area (Å²) in [5.41, 5.74) is 5.88. The van der Waals surface area contributed by atoms with Gasteiger partial charge in [0.25, 0.3) is 10.0 Å². The van der Waals surface area contributed by atoms with Gasteiger partial charge in [-0.3, -0.25) is 0 Å². The maximum Gasteiger partial charge on any atom is 0.259 e. The van der Waals surface area contributed by atoms with Crippen LogP contribution in [0.4, 0.5) is 0 Å². The summed E-state index contributed by atoms with van der Waals surface area (Å²) in [5, 5.41) is 0.0659. The van der Waals surface area contributed by atoms with Gasteiger partial charge in [0.1, 0.15) is 0 Å².